The number of hydrogen-bond donors (Lipinski definition) is 0. The van der Waals surface area contributed by atoms with Crippen LogP contribution in [-0.2, 0) is 0 Å². The van der Waals surface area contributed by atoms with Crippen molar-refractivity contribution in [1.82, 2.24) is 0 Å². The highest BCUT2D eigenvalue weighted by molar-refractivity contribution is 5.36. The smallest absolute Gasteiger partial charge is 0.235 e. The van der Waals surface area contributed by atoms with Crippen molar-refractivity contribution in [2.45, 2.75) is 12.1 Å². The summed E-state index contributed by atoms with van der Waals surface area (Å²) in [5.74, 6) is -8.53. The maximum atomic E-state index is 12.4. The third-order valence-electron chi connectivity index (χ3n) is 1.42. The number of halogens is 5. The van der Waals surface area contributed by atoms with E-state index in [1.54, 1.807) is 0 Å². The summed E-state index contributed by atoms with van der Waals surface area (Å²) >= 11 is 0. The quantitative estimate of drug-likeness (QED) is 0.506. The molecule has 0 bridgehead atoms. The highest BCUT2D eigenvalue weighted by Gasteiger charge is 2.43. The fourth-order valence-electron chi connectivity index (χ4n) is 0.803. The zero-order chi connectivity index (χ0) is 9.52. The lowest BCUT2D eigenvalue weighted by atomic mass is 10.0. The van der Waals surface area contributed by atoms with Gasteiger partial charge in [0.25, 0.3) is 0 Å². The molecule has 0 nitrogen and oxygen atoms in total. The second-order valence-electron chi connectivity index (χ2n) is 2.37. The van der Waals surface area contributed by atoms with Gasteiger partial charge in [0.1, 0.15) is 0 Å². The minimum absolute atomic E-state index is 0.0317. The molecule has 0 fully saturated rings. The van der Waals surface area contributed by atoms with Crippen LogP contribution in [0, 0.1) is 6.92 Å². The van der Waals surface area contributed by atoms with Crippen LogP contribution < -0.4 is 0 Å². The summed E-state index contributed by atoms with van der Waals surface area (Å²) in [5.41, 5.74) is -0.765. The van der Waals surface area contributed by atoms with E-state index in [1.807, 2.05) is 0 Å². The van der Waals surface area contributed by atoms with E-state index in [-0.39, 0.29) is 6.08 Å². The van der Waals surface area contributed by atoms with Crippen LogP contribution in [0.4, 0.5) is 22.0 Å². The number of hydrogen-bond acceptors (Lipinski definition) is 0. The van der Waals surface area contributed by atoms with Crippen LogP contribution in [0.5, 0.6) is 0 Å². The molecule has 1 aliphatic carbocycles. The standard InChI is InChI=1S/C7H4F5/c1-3-2-7(11,12)6(10)5(9)4(3)8/h2,4H,1H2. The molecule has 0 saturated heterocycles. The van der Waals surface area contributed by atoms with Gasteiger partial charge in [-0.1, -0.05) is 0 Å². The summed E-state index contributed by atoms with van der Waals surface area (Å²) in [5, 5.41) is 0. The van der Waals surface area contributed by atoms with Crippen molar-refractivity contribution in [3.8, 4) is 0 Å². The number of rotatable bonds is 0. The van der Waals surface area contributed by atoms with Gasteiger partial charge in [-0.2, -0.15) is 8.78 Å². The lowest BCUT2D eigenvalue weighted by molar-refractivity contribution is 0.0570. The summed E-state index contributed by atoms with van der Waals surface area (Å²) in [6.07, 6.45) is -2.51. The number of allylic oxidation sites excluding steroid dienone is 4. The van der Waals surface area contributed by atoms with Gasteiger partial charge in [0, 0.05) is 0 Å². The van der Waals surface area contributed by atoms with E-state index in [2.05, 4.69) is 6.92 Å². The first-order valence-corrected chi connectivity index (χ1v) is 2.98. The first kappa shape index (κ1) is 9.22. The first-order chi connectivity index (χ1) is 5.36. The molecule has 1 radical (unpaired) electrons. The predicted molar refractivity (Wildman–Crippen MR) is 32.5 cm³/mol. The van der Waals surface area contributed by atoms with Gasteiger partial charge in [-0.15, -0.1) is 0 Å². The Labute approximate surface area is 65.4 Å². The largest absolute Gasteiger partial charge is 0.320 e. The fourth-order valence-corrected chi connectivity index (χ4v) is 0.803. The highest BCUT2D eigenvalue weighted by Crippen LogP contribution is 2.38. The summed E-state index contributed by atoms with van der Waals surface area (Å²) in [6.45, 7) is 2.82. The Morgan fingerprint density at radius 1 is 1.33 bits per heavy atom. The molecule has 0 heterocycles. The van der Waals surface area contributed by atoms with Crippen LogP contribution in [0.1, 0.15) is 0 Å². The summed E-state index contributed by atoms with van der Waals surface area (Å²) in [7, 11) is 0. The average molecular weight is 183 g/mol. The van der Waals surface area contributed by atoms with E-state index in [1.165, 1.54) is 0 Å². The van der Waals surface area contributed by atoms with Gasteiger partial charge in [-0.05, 0) is 18.6 Å². The lowest BCUT2D eigenvalue weighted by Crippen LogP contribution is -2.24. The third kappa shape index (κ3) is 1.23. The molecule has 0 aromatic heterocycles. The molecule has 1 atom stereocenters. The van der Waals surface area contributed by atoms with Crippen molar-refractivity contribution in [3.63, 3.8) is 0 Å². The van der Waals surface area contributed by atoms with E-state index in [0.717, 1.165) is 0 Å². The zero-order valence-corrected chi connectivity index (χ0v) is 5.75. The molecule has 12 heavy (non-hydrogen) atoms. The normalized spacial score (nSPS) is 28.8. The Balaban J connectivity index is 3.15. The second kappa shape index (κ2) is 2.57. The van der Waals surface area contributed by atoms with Gasteiger partial charge < -0.3 is 0 Å². The molecule has 0 spiro atoms. The van der Waals surface area contributed by atoms with Gasteiger partial charge in [0.05, 0.1) is 0 Å². The fraction of sp³-hybridized carbons (Fsp3) is 0.286. The second-order valence-corrected chi connectivity index (χ2v) is 2.37. The molecule has 0 N–H and O–H groups in total. The minimum Gasteiger partial charge on any atom is -0.235 e. The molecule has 5 heteroatoms. The van der Waals surface area contributed by atoms with Crippen molar-refractivity contribution in [2.24, 2.45) is 0 Å². The van der Waals surface area contributed by atoms with E-state index in [4.69, 9.17) is 0 Å². The van der Waals surface area contributed by atoms with Crippen LogP contribution in [-0.4, -0.2) is 12.1 Å². The molecule has 0 amide bonds. The Morgan fingerprint density at radius 3 is 2.33 bits per heavy atom. The molecular weight excluding hydrogens is 179 g/mol. The molecule has 0 aliphatic heterocycles. The van der Waals surface area contributed by atoms with Gasteiger partial charge in [0.2, 0.25) is 5.83 Å². The van der Waals surface area contributed by atoms with Crippen molar-refractivity contribution in [1.29, 1.82) is 0 Å². The lowest BCUT2D eigenvalue weighted by Gasteiger charge is -2.19. The van der Waals surface area contributed by atoms with Crippen LogP contribution in [0.25, 0.3) is 0 Å². The Morgan fingerprint density at radius 2 is 1.83 bits per heavy atom. The molecule has 0 aromatic carbocycles. The van der Waals surface area contributed by atoms with Crippen molar-refractivity contribution in [3.05, 3.63) is 30.2 Å². The van der Waals surface area contributed by atoms with Gasteiger partial charge in [-0.3, -0.25) is 0 Å². The molecule has 0 aromatic rings. The Bertz CT molecular complexity index is 263. The Hall–Kier alpha value is -0.870. The number of alkyl halides is 3. The van der Waals surface area contributed by atoms with Crippen LogP contribution in [0.3, 0.4) is 0 Å². The molecule has 1 unspecified atom stereocenters. The van der Waals surface area contributed by atoms with E-state index in [9.17, 15) is 22.0 Å². The molecule has 0 saturated carbocycles. The average Bonchev–Trinajstić information content (AvgIpc) is 1.97. The topological polar surface area (TPSA) is 0 Å². The first-order valence-electron chi connectivity index (χ1n) is 2.98. The van der Waals surface area contributed by atoms with Crippen LogP contribution >= 0.6 is 0 Å². The van der Waals surface area contributed by atoms with Gasteiger partial charge >= 0.3 is 5.92 Å². The van der Waals surface area contributed by atoms with Gasteiger partial charge in [0.15, 0.2) is 12.0 Å². The summed E-state index contributed by atoms with van der Waals surface area (Å²) in [6, 6.07) is 0. The predicted octanol–water partition coefficient (Wildman–Crippen LogP) is 2.88. The van der Waals surface area contributed by atoms with Crippen molar-refractivity contribution >= 4 is 0 Å². The van der Waals surface area contributed by atoms with Crippen LogP contribution in [0.15, 0.2) is 23.3 Å². The Kier molecular flexibility index (Phi) is 1.97. The highest BCUT2D eigenvalue weighted by atomic mass is 19.3. The molecule has 67 valence electrons. The minimum atomic E-state index is -4.07. The summed E-state index contributed by atoms with van der Waals surface area (Å²) < 4.78 is 61.6. The summed E-state index contributed by atoms with van der Waals surface area (Å²) in [4.78, 5) is 0. The van der Waals surface area contributed by atoms with E-state index >= 15 is 0 Å². The van der Waals surface area contributed by atoms with Crippen LogP contribution in [0.2, 0.25) is 0 Å². The molecule has 1 aliphatic rings. The molecule has 1 rings (SSSR count). The third-order valence-corrected chi connectivity index (χ3v) is 1.42. The maximum Gasteiger partial charge on any atom is 0.320 e. The van der Waals surface area contributed by atoms with Crippen molar-refractivity contribution in [2.75, 3.05) is 0 Å². The van der Waals surface area contributed by atoms with Crippen molar-refractivity contribution < 1.29 is 22.0 Å². The molecular formula is C7H4F5. The maximum absolute atomic E-state index is 12.4. The zero-order valence-electron chi connectivity index (χ0n) is 5.75. The van der Waals surface area contributed by atoms with E-state index < -0.39 is 29.3 Å². The monoisotopic (exact) mass is 183 g/mol. The van der Waals surface area contributed by atoms with Gasteiger partial charge in [-0.25, -0.2) is 13.2 Å². The SMILES string of the molecule is [CH2]C1=CC(F)(F)C(F)=C(F)C1F. The van der Waals surface area contributed by atoms with E-state index in [0.29, 0.717) is 0 Å².